The number of hydrogen-bond acceptors (Lipinski definition) is 2. The van der Waals surface area contributed by atoms with E-state index in [1.165, 1.54) is 12.1 Å². The van der Waals surface area contributed by atoms with Crippen LogP contribution in [0.4, 0.5) is 13.2 Å². The molecule has 0 spiro atoms. The van der Waals surface area contributed by atoms with Crippen LogP contribution in [0.3, 0.4) is 0 Å². The summed E-state index contributed by atoms with van der Waals surface area (Å²) in [5.74, 6) is -0.924. The van der Waals surface area contributed by atoms with Gasteiger partial charge < -0.3 is 10.4 Å². The molecule has 20 heavy (non-hydrogen) atoms. The summed E-state index contributed by atoms with van der Waals surface area (Å²) in [5.41, 5.74) is -0.705. The molecule has 0 bridgehead atoms. The predicted molar refractivity (Wildman–Crippen MR) is 69.5 cm³/mol. The first-order chi connectivity index (χ1) is 9.16. The van der Waals surface area contributed by atoms with E-state index in [0.29, 0.717) is 0 Å². The lowest BCUT2D eigenvalue weighted by atomic mass is 9.94. The minimum Gasteiger partial charge on any atom is -0.394 e. The highest BCUT2D eigenvalue weighted by molar-refractivity contribution is 5.94. The maximum absolute atomic E-state index is 13.0. The van der Waals surface area contributed by atoms with Gasteiger partial charge in [-0.05, 0) is 30.5 Å². The van der Waals surface area contributed by atoms with Crippen LogP contribution in [0.15, 0.2) is 18.2 Å². The molecule has 0 saturated carbocycles. The SMILES string of the molecule is CC(C)c1ccc(C(=O)N[C@@H](C)CO)cc1C(F)(F)F. The van der Waals surface area contributed by atoms with Crippen molar-refractivity contribution in [3.05, 3.63) is 34.9 Å². The molecule has 3 nitrogen and oxygen atoms in total. The van der Waals surface area contributed by atoms with Crippen LogP contribution in [0.25, 0.3) is 0 Å². The van der Waals surface area contributed by atoms with Gasteiger partial charge in [-0.3, -0.25) is 4.79 Å². The highest BCUT2D eigenvalue weighted by Crippen LogP contribution is 2.35. The predicted octanol–water partition coefficient (Wildman–Crippen LogP) is 2.94. The average Bonchev–Trinajstić information content (AvgIpc) is 2.36. The van der Waals surface area contributed by atoms with Gasteiger partial charge in [0, 0.05) is 11.6 Å². The van der Waals surface area contributed by atoms with Gasteiger partial charge in [-0.2, -0.15) is 13.2 Å². The smallest absolute Gasteiger partial charge is 0.394 e. The minimum absolute atomic E-state index is 0.0676. The molecule has 0 saturated heterocycles. The van der Waals surface area contributed by atoms with Crippen LogP contribution in [-0.4, -0.2) is 23.7 Å². The molecule has 1 aromatic rings. The summed E-state index contributed by atoms with van der Waals surface area (Å²) in [7, 11) is 0. The van der Waals surface area contributed by atoms with Crippen LogP contribution in [0.2, 0.25) is 0 Å². The van der Waals surface area contributed by atoms with Crippen LogP contribution in [0.1, 0.15) is 48.2 Å². The molecule has 0 aromatic heterocycles. The first-order valence-corrected chi connectivity index (χ1v) is 6.29. The number of hydrogen-bond donors (Lipinski definition) is 2. The Bertz CT molecular complexity index is 484. The van der Waals surface area contributed by atoms with E-state index in [1.54, 1.807) is 20.8 Å². The number of aliphatic hydroxyl groups is 1. The van der Waals surface area contributed by atoms with E-state index in [1.807, 2.05) is 0 Å². The molecule has 112 valence electrons. The van der Waals surface area contributed by atoms with E-state index < -0.39 is 23.7 Å². The number of carbonyl (C=O) groups is 1. The Morgan fingerprint density at radius 3 is 2.35 bits per heavy atom. The molecule has 0 fully saturated rings. The van der Waals surface area contributed by atoms with E-state index in [-0.39, 0.29) is 23.7 Å². The fourth-order valence-corrected chi connectivity index (χ4v) is 1.80. The largest absolute Gasteiger partial charge is 0.416 e. The Balaban J connectivity index is 3.16. The summed E-state index contributed by atoms with van der Waals surface area (Å²) in [5, 5.41) is 11.3. The van der Waals surface area contributed by atoms with Crippen LogP contribution in [0.5, 0.6) is 0 Å². The number of nitrogens with one attached hydrogen (secondary N) is 1. The molecule has 0 aliphatic carbocycles. The maximum atomic E-state index is 13.0. The lowest BCUT2D eigenvalue weighted by molar-refractivity contribution is -0.138. The van der Waals surface area contributed by atoms with Crippen LogP contribution in [-0.2, 0) is 6.18 Å². The standard InChI is InChI=1S/C14H18F3NO2/c1-8(2)11-5-4-10(6-12(11)14(15,16)17)13(20)18-9(3)7-19/h4-6,8-9,19H,7H2,1-3H3,(H,18,20)/t9-/m0/s1. The van der Waals surface area contributed by atoms with Gasteiger partial charge in [-0.25, -0.2) is 0 Å². The van der Waals surface area contributed by atoms with E-state index in [0.717, 1.165) is 6.07 Å². The van der Waals surface area contributed by atoms with Crippen molar-refractivity contribution < 1.29 is 23.1 Å². The fraction of sp³-hybridized carbons (Fsp3) is 0.500. The van der Waals surface area contributed by atoms with Gasteiger partial charge in [-0.15, -0.1) is 0 Å². The van der Waals surface area contributed by atoms with Gasteiger partial charge in [0.15, 0.2) is 0 Å². The van der Waals surface area contributed by atoms with Gasteiger partial charge in [-0.1, -0.05) is 19.9 Å². The number of alkyl halides is 3. The lowest BCUT2D eigenvalue weighted by Crippen LogP contribution is -2.35. The Kier molecular flexibility index (Phi) is 5.16. The van der Waals surface area contributed by atoms with E-state index in [2.05, 4.69) is 5.32 Å². The van der Waals surface area contributed by atoms with Crippen LogP contribution < -0.4 is 5.32 Å². The summed E-state index contributed by atoms with van der Waals surface area (Å²) >= 11 is 0. The zero-order valence-corrected chi connectivity index (χ0v) is 11.6. The van der Waals surface area contributed by atoms with Crippen LogP contribution in [0, 0.1) is 0 Å². The van der Waals surface area contributed by atoms with Crippen molar-refractivity contribution >= 4 is 5.91 Å². The first-order valence-electron chi connectivity index (χ1n) is 6.29. The topological polar surface area (TPSA) is 49.3 Å². The lowest BCUT2D eigenvalue weighted by Gasteiger charge is -2.17. The molecule has 1 aromatic carbocycles. The zero-order chi connectivity index (χ0) is 15.5. The molecule has 0 radical (unpaired) electrons. The van der Waals surface area contributed by atoms with E-state index in [4.69, 9.17) is 5.11 Å². The Labute approximate surface area is 115 Å². The molecule has 0 unspecified atom stereocenters. The van der Waals surface area contributed by atoms with Gasteiger partial charge in [0.1, 0.15) is 0 Å². The third-order valence-electron chi connectivity index (χ3n) is 2.89. The second kappa shape index (κ2) is 6.26. The number of amides is 1. The third kappa shape index (κ3) is 3.96. The first kappa shape index (κ1) is 16.5. The molecule has 1 amide bonds. The fourth-order valence-electron chi connectivity index (χ4n) is 1.80. The molecule has 0 aliphatic heterocycles. The summed E-state index contributed by atoms with van der Waals surface area (Å²) in [6.45, 7) is 4.61. The van der Waals surface area contributed by atoms with Gasteiger partial charge in [0.2, 0.25) is 0 Å². The van der Waals surface area contributed by atoms with Gasteiger partial charge in [0.05, 0.1) is 12.2 Å². The quantitative estimate of drug-likeness (QED) is 0.895. The zero-order valence-electron chi connectivity index (χ0n) is 11.6. The summed E-state index contributed by atoms with van der Waals surface area (Å²) in [6.07, 6.45) is -4.50. The second-order valence-electron chi connectivity index (χ2n) is 5.01. The van der Waals surface area contributed by atoms with E-state index >= 15 is 0 Å². The molecular formula is C14H18F3NO2. The minimum atomic E-state index is -4.50. The molecule has 6 heteroatoms. The second-order valence-corrected chi connectivity index (χ2v) is 5.01. The van der Waals surface area contributed by atoms with Crippen molar-refractivity contribution in [3.8, 4) is 0 Å². The highest BCUT2D eigenvalue weighted by Gasteiger charge is 2.34. The van der Waals surface area contributed by atoms with Crippen molar-refractivity contribution in [2.75, 3.05) is 6.61 Å². The Morgan fingerprint density at radius 2 is 1.90 bits per heavy atom. The molecular weight excluding hydrogens is 271 g/mol. The summed E-state index contributed by atoms with van der Waals surface area (Å²) in [6, 6.07) is 3.03. The van der Waals surface area contributed by atoms with Gasteiger partial charge >= 0.3 is 6.18 Å². The van der Waals surface area contributed by atoms with E-state index in [9.17, 15) is 18.0 Å². The Hall–Kier alpha value is -1.56. The number of benzene rings is 1. The normalized spacial score (nSPS) is 13.4. The molecule has 0 heterocycles. The number of carbonyl (C=O) groups excluding carboxylic acids is 1. The number of halogens is 3. The third-order valence-corrected chi connectivity index (χ3v) is 2.89. The highest BCUT2D eigenvalue weighted by atomic mass is 19.4. The van der Waals surface area contributed by atoms with Crippen molar-refractivity contribution in [2.24, 2.45) is 0 Å². The summed E-state index contributed by atoms with van der Waals surface area (Å²) < 4.78 is 39.0. The molecule has 1 atom stereocenters. The average molecular weight is 289 g/mol. The Morgan fingerprint density at radius 1 is 1.30 bits per heavy atom. The van der Waals surface area contributed by atoms with Crippen molar-refractivity contribution in [3.63, 3.8) is 0 Å². The van der Waals surface area contributed by atoms with Crippen molar-refractivity contribution in [1.82, 2.24) is 5.32 Å². The van der Waals surface area contributed by atoms with Crippen LogP contribution >= 0.6 is 0 Å². The molecule has 0 aliphatic rings. The maximum Gasteiger partial charge on any atom is 0.416 e. The van der Waals surface area contributed by atoms with Gasteiger partial charge in [0.25, 0.3) is 5.91 Å². The number of rotatable bonds is 4. The van der Waals surface area contributed by atoms with Crippen molar-refractivity contribution in [2.45, 2.75) is 38.9 Å². The number of aliphatic hydroxyl groups excluding tert-OH is 1. The molecule has 1 rings (SSSR count). The summed E-state index contributed by atoms with van der Waals surface area (Å²) in [4.78, 5) is 11.8. The monoisotopic (exact) mass is 289 g/mol. The van der Waals surface area contributed by atoms with Crippen molar-refractivity contribution in [1.29, 1.82) is 0 Å². The molecule has 2 N–H and O–H groups in total.